The molecule has 0 aromatic heterocycles. The minimum absolute atomic E-state index is 0.150. The van der Waals surface area contributed by atoms with Crippen LogP contribution in [0.5, 0.6) is 0 Å². The maximum absolute atomic E-state index is 12.0. The Bertz CT molecular complexity index is 124. The second kappa shape index (κ2) is 3.01. The van der Waals surface area contributed by atoms with Crippen LogP contribution < -0.4 is 5.73 Å². The molecule has 1 fully saturated rings. The molecule has 0 atom stereocenters. The molecule has 1 aliphatic rings. The number of hydrogen-bond donors (Lipinski definition) is 0. The van der Waals surface area contributed by atoms with Crippen molar-refractivity contribution in [2.75, 3.05) is 0 Å². The van der Waals surface area contributed by atoms with Gasteiger partial charge in [0.15, 0.2) is 0 Å². The molecule has 11 heavy (non-hydrogen) atoms. The van der Waals surface area contributed by atoms with Gasteiger partial charge in [0.2, 0.25) is 0 Å². The maximum atomic E-state index is 12.0. The van der Waals surface area contributed by atoms with Gasteiger partial charge < -0.3 is 0 Å². The van der Waals surface area contributed by atoms with Gasteiger partial charge in [-0.1, -0.05) is 0 Å². The third kappa shape index (κ3) is 2.36. The predicted molar refractivity (Wildman–Crippen MR) is 34.9 cm³/mol. The molecule has 0 aromatic rings. The van der Waals surface area contributed by atoms with Crippen LogP contribution in [0, 0.1) is 5.92 Å². The molecule has 0 spiro atoms. The molecule has 0 saturated heterocycles. The molecule has 1 saturated carbocycles. The number of alkyl halides is 3. The lowest BCUT2D eigenvalue weighted by Gasteiger charge is -2.26. The molecule has 65 valence electrons. The molecule has 0 aliphatic heterocycles. The SMILES string of the molecule is [NH][C@H]1CC[C@@H](C(F)(F)F)CC1. The summed E-state index contributed by atoms with van der Waals surface area (Å²) >= 11 is 0. The summed E-state index contributed by atoms with van der Waals surface area (Å²) in [6.07, 6.45) is -2.91. The van der Waals surface area contributed by atoms with Crippen molar-refractivity contribution in [1.29, 1.82) is 0 Å². The molecular formula is C7H11F3N. The Morgan fingerprint density at radius 1 is 1.00 bits per heavy atom. The molecule has 0 aromatic carbocycles. The average Bonchev–Trinajstić information content (AvgIpc) is 1.86. The Hall–Kier alpha value is -0.250. The van der Waals surface area contributed by atoms with Crippen molar-refractivity contribution in [3.05, 3.63) is 0 Å². The molecule has 1 N–H and O–H groups in total. The highest BCUT2D eigenvalue weighted by Crippen LogP contribution is 2.37. The monoisotopic (exact) mass is 166 g/mol. The highest BCUT2D eigenvalue weighted by atomic mass is 19.4. The van der Waals surface area contributed by atoms with E-state index in [4.69, 9.17) is 5.73 Å². The molecule has 0 heterocycles. The summed E-state index contributed by atoms with van der Waals surface area (Å²) < 4.78 is 36.0. The van der Waals surface area contributed by atoms with E-state index in [2.05, 4.69) is 0 Å². The van der Waals surface area contributed by atoms with Crippen molar-refractivity contribution in [2.24, 2.45) is 5.92 Å². The van der Waals surface area contributed by atoms with E-state index in [9.17, 15) is 13.2 Å². The first-order valence-corrected chi connectivity index (χ1v) is 3.78. The first kappa shape index (κ1) is 8.84. The fraction of sp³-hybridized carbons (Fsp3) is 1.00. The van der Waals surface area contributed by atoms with E-state index in [1.807, 2.05) is 0 Å². The second-order valence-corrected chi connectivity index (χ2v) is 3.09. The average molecular weight is 166 g/mol. The Morgan fingerprint density at radius 2 is 1.45 bits per heavy atom. The largest absolute Gasteiger partial charge is 0.391 e. The highest BCUT2D eigenvalue weighted by Gasteiger charge is 2.40. The van der Waals surface area contributed by atoms with E-state index in [0.717, 1.165) is 0 Å². The van der Waals surface area contributed by atoms with Gasteiger partial charge in [-0.05, 0) is 25.7 Å². The maximum Gasteiger partial charge on any atom is 0.391 e. The standard InChI is InChI=1S/C7H11F3N/c8-7(9,10)5-1-3-6(11)4-2-5/h5-6,11H,1-4H2/t5-,6+. The van der Waals surface area contributed by atoms with Crippen molar-refractivity contribution >= 4 is 0 Å². The van der Waals surface area contributed by atoms with Crippen molar-refractivity contribution < 1.29 is 13.2 Å². The van der Waals surface area contributed by atoms with Crippen LogP contribution in [0.15, 0.2) is 0 Å². The number of nitrogens with one attached hydrogen (secondary N) is 1. The van der Waals surface area contributed by atoms with Crippen LogP contribution in [-0.4, -0.2) is 12.2 Å². The lowest BCUT2D eigenvalue weighted by Crippen LogP contribution is -2.29. The van der Waals surface area contributed by atoms with Crippen LogP contribution >= 0.6 is 0 Å². The summed E-state index contributed by atoms with van der Waals surface area (Å²) in [5.41, 5.74) is 7.20. The Balaban J connectivity index is 2.39. The van der Waals surface area contributed by atoms with Gasteiger partial charge in [-0.25, -0.2) is 0 Å². The Kier molecular flexibility index (Phi) is 2.42. The zero-order chi connectivity index (χ0) is 8.48. The van der Waals surface area contributed by atoms with Crippen molar-refractivity contribution in [3.63, 3.8) is 0 Å². The molecule has 1 rings (SSSR count). The van der Waals surface area contributed by atoms with Gasteiger partial charge in [-0.2, -0.15) is 13.2 Å². The van der Waals surface area contributed by atoms with Gasteiger partial charge in [0.25, 0.3) is 0 Å². The van der Waals surface area contributed by atoms with E-state index < -0.39 is 12.1 Å². The van der Waals surface area contributed by atoms with E-state index in [1.165, 1.54) is 0 Å². The molecule has 1 nitrogen and oxygen atoms in total. The molecular weight excluding hydrogens is 155 g/mol. The van der Waals surface area contributed by atoms with Crippen molar-refractivity contribution in [3.8, 4) is 0 Å². The van der Waals surface area contributed by atoms with Gasteiger partial charge in [0, 0.05) is 6.04 Å². The Labute approximate surface area is 63.8 Å². The zero-order valence-electron chi connectivity index (χ0n) is 6.12. The fourth-order valence-electron chi connectivity index (χ4n) is 1.42. The molecule has 1 radical (unpaired) electrons. The van der Waals surface area contributed by atoms with Crippen molar-refractivity contribution in [1.82, 2.24) is 5.73 Å². The van der Waals surface area contributed by atoms with Gasteiger partial charge in [0.1, 0.15) is 0 Å². The number of rotatable bonds is 0. The normalized spacial score (nSPS) is 33.8. The lowest BCUT2D eigenvalue weighted by molar-refractivity contribution is -0.182. The van der Waals surface area contributed by atoms with Gasteiger partial charge in [-0.3, -0.25) is 5.73 Å². The van der Waals surface area contributed by atoms with E-state index >= 15 is 0 Å². The van der Waals surface area contributed by atoms with Crippen LogP contribution in [-0.2, 0) is 0 Å². The summed E-state index contributed by atoms with van der Waals surface area (Å²) in [4.78, 5) is 0. The first-order chi connectivity index (χ1) is 5.00. The predicted octanol–water partition coefficient (Wildman–Crippen LogP) is 2.39. The van der Waals surface area contributed by atoms with E-state index in [0.29, 0.717) is 12.8 Å². The summed E-state index contributed by atoms with van der Waals surface area (Å²) in [5.74, 6) is -1.14. The highest BCUT2D eigenvalue weighted by molar-refractivity contribution is 4.77. The number of halogens is 3. The van der Waals surface area contributed by atoms with Crippen molar-refractivity contribution in [2.45, 2.75) is 37.9 Å². The van der Waals surface area contributed by atoms with Crippen LogP contribution in [0.25, 0.3) is 0 Å². The first-order valence-electron chi connectivity index (χ1n) is 3.78. The second-order valence-electron chi connectivity index (χ2n) is 3.09. The third-order valence-corrected chi connectivity index (χ3v) is 2.19. The minimum Gasteiger partial charge on any atom is -0.255 e. The van der Waals surface area contributed by atoms with Crippen LogP contribution in [0.2, 0.25) is 0 Å². The molecule has 0 bridgehead atoms. The minimum atomic E-state index is -4.03. The quantitative estimate of drug-likeness (QED) is 0.527. The van der Waals surface area contributed by atoms with Crippen LogP contribution in [0.4, 0.5) is 13.2 Å². The summed E-state index contributed by atoms with van der Waals surface area (Å²) in [7, 11) is 0. The third-order valence-electron chi connectivity index (χ3n) is 2.19. The Morgan fingerprint density at radius 3 is 1.82 bits per heavy atom. The smallest absolute Gasteiger partial charge is 0.255 e. The summed E-state index contributed by atoms with van der Waals surface area (Å²) in [5, 5.41) is 0. The molecule has 0 amide bonds. The molecule has 4 heteroatoms. The van der Waals surface area contributed by atoms with Gasteiger partial charge in [0.05, 0.1) is 5.92 Å². The lowest BCUT2D eigenvalue weighted by atomic mass is 9.86. The zero-order valence-corrected chi connectivity index (χ0v) is 6.12. The number of hydrogen-bond acceptors (Lipinski definition) is 0. The van der Waals surface area contributed by atoms with Gasteiger partial charge in [-0.15, -0.1) is 0 Å². The summed E-state index contributed by atoms with van der Waals surface area (Å²) in [6, 6.07) is -0.256. The van der Waals surface area contributed by atoms with Crippen LogP contribution in [0.3, 0.4) is 0 Å². The topological polar surface area (TPSA) is 23.8 Å². The molecule has 1 aliphatic carbocycles. The van der Waals surface area contributed by atoms with Gasteiger partial charge >= 0.3 is 6.18 Å². The van der Waals surface area contributed by atoms with E-state index in [-0.39, 0.29) is 18.9 Å². The molecule has 0 unspecified atom stereocenters. The van der Waals surface area contributed by atoms with E-state index in [1.54, 1.807) is 0 Å². The van der Waals surface area contributed by atoms with Crippen LogP contribution in [0.1, 0.15) is 25.7 Å². The summed E-state index contributed by atoms with van der Waals surface area (Å²) in [6.45, 7) is 0. The fourth-order valence-corrected chi connectivity index (χ4v) is 1.42.